The van der Waals surface area contributed by atoms with Gasteiger partial charge in [-0.3, -0.25) is 0 Å². The minimum atomic E-state index is -3.90. The standard InChI is InChI=1S/C24H28N2O6S/c1-16-8-10-18(11-9-16)33(27,28)23-24(26-12-6-5-7-13-26)32-22(25-23)17-14-19(29-2)21(31-4)20(15-17)30-3/h8-11,14-15H,5-7,12-13H2,1-4H3. The van der Waals surface area contributed by atoms with Crippen LogP contribution in [0, 0.1) is 6.92 Å². The van der Waals surface area contributed by atoms with Crippen LogP contribution in [0.2, 0.25) is 0 Å². The fourth-order valence-corrected chi connectivity index (χ4v) is 5.25. The summed E-state index contributed by atoms with van der Waals surface area (Å²) in [6.45, 7) is 3.33. The predicted molar refractivity (Wildman–Crippen MR) is 124 cm³/mol. The zero-order valence-corrected chi connectivity index (χ0v) is 20.1. The second kappa shape index (κ2) is 9.35. The van der Waals surface area contributed by atoms with Crippen LogP contribution in [0.15, 0.2) is 50.7 Å². The van der Waals surface area contributed by atoms with Gasteiger partial charge in [-0.1, -0.05) is 17.7 Å². The van der Waals surface area contributed by atoms with E-state index >= 15 is 0 Å². The number of sulfone groups is 1. The van der Waals surface area contributed by atoms with Gasteiger partial charge >= 0.3 is 0 Å². The highest BCUT2D eigenvalue weighted by Crippen LogP contribution is 2.43. The Morgan fingerprint density at radius 1 is 0.909 bits per heavy atom. The number of methoxy groups -OCH3 is 3. The van der Waals surface area contributed by atoms with E-state index in [4.69, 9.17) is 18.6 Å². The number of nitrogens with zero attached hydrogens (tertiary/aromatic N) is 2. The van der Waals surface area contributed by atoms with Crippen molar-refractivity contribution >= 4 is 15.7 Å². The Hall–Kier alpha value is -3.20. The van der Waals surface area contributed by atoms with E-state index in [0.29, 0.717) is 35.9 Å². The summed E-state index contributed by atoms with van der Waals surface area (Å²) >= 11 is 0. The number of ether oxygens (including phenoxy) is 3. The lowest BCUT2D eigenvalue weighted by Crippen LogP contribution is -2.30. The SMILES string of the molecule is COc1cc(-c2nc(S(=O)(=O)c3ccc(C)cc3)c(N3CCCCC3)o2)cc(OC)c1OC. The fourth-order valence-electron chi connectivity index (χ4n) is 3.93. The Morgan fingerprint density at radius 3 is 2.06 bits per heavy atom. The van der Waals surface area contributed by atoms with E-state index in [2.05, 4.69) is 4.98 Å². The molecule has 1 aromatic heterocycles. The molecule has 2 aromatic carbocycles. The van der Waals surface area contributed by atoms with Gasteiger partial charge < -0.3 is 23.5 Å². The van der Waals surface area contributed by atoms with Crippen LogP contribution < -0.4 is 19.1 Å². The van der Waals surface area contributed by atoms with Crippen molar-refractivity contribution in [1.82, 2.24) is 4.98 Å². The molecular weight excluding hydrogens is 444 g/mol. The predicted octanol–water partition coefficient (Wildman–Crippen LogP) is 4.50. The first-order valence-corrected chi connectivity index (χ1v) is 12.2. The molecule has 0 unspecified atom stereocenters. The first kappa shape index (κ1) is 23.0. The molecule has 0 N–H and O–H groups in total. The smallest absolute Gasteiger partial charge is 0.236 e. The summed E-state index contributed by atoms with van der Waals surface area (Å²) in [5.74, 6) is 1.71. The molecule has 0 radical (unpaired) electrons. The number of benzene rings is 2. The Labute approximate surface area is 194 Å². The van der Waals surface area contributed by atoms with Gasteiger partial charge in [-0.25, -0.2) is 8.42 Å². The number of hydrogen-bond donors (Lipinski definition) is 0. The number of anilines is 1. The summed E-state index contributed by atoms with van der Waals surface area (Å²) in [5, 5.41) is -0.0861. The molecule has 0 atom stereocenters. The lowest BCUT2D eigenvalue weighted by atomic mass is 10.1. The molecule has 2 heterocycles. The van der Waals surface area contributed by atoms with Crippen LogP contribution in [0.1, 0.15) is 24.8 Å². The normalized spacial score (nSPS) is 14.2. The maximum atomic E-state index is 13.6. The summed E-state index contributed by atoms with van der Waals surface area (Å²) in [5.41, 5.74) is 1.50. The highest BCUT2D eigenvalue weighted by Gasteiger charge is 2.32. The fraction of sp³-hybridized carbons (Fsp3) is 0.375. The van der Waals surface area contributed by atoms with Crippen LogP contribution in [0.4, 0.5) is 5.88 Å². The molecule has 8 nitrogen and oxygen atoms in total. The van der Waals surface area contributed by atoms with Crippen molar-refractivity contribution in [2.75, 3.05) is 39.3 Å². The third-order valence-electron chi connectivity index (χ3n) is 5.72. The topological polar surface area (TPSA) is 91.1 Å². The largest absolute Gasteiger partial charge is 0.493 e. The number of oxazole rings is 1. The van der Waals surface area contributed by atoms with Crippen molar-refractivity contribution in [2.45, 2.75) is 36.1 Å². The zero-order chi connectivity index (χ0) is 23.6. The Bertz CT molecular complexity index is 1200. The molecule has 9 heteroatoms. The highest BCUT2D eigenvalue weighted by molar-refractivity contribution is 7.91. The summed E-state index contributed by atoms with van der Waals surface area (Å²) in [4.78, 5) is 6.62. The molecule has 33 heavy (non-hydrogen) atoms. The third-order valence-corrected chi connectivity index (χ3v) is 7.39. The Balaban J connectivity index is 1.88. The minimum absolute atomic E-state index is 0.0861. The highest BCUT2D eigenvalue weighted by atomic mass is 32.2. The third kappa shape index (κ3) is 4.37. The average molecular weight is 473 g/mol. The molecule has 0 spiro atoms. The van der Waals surface area contributed by atoms with Gasteiger partial charge in [-0.2, -0.15) is 4.98 Å². The van der Waals surface area contributed by atoms with E-state index < -0.39 is 9.84 Å². The molecule has 1 aliphatic rings. The van der Waals surface area contributed by atoms with Crippen molar-refractivity contribution in [2.24, 2.45) is 0 Å². The number of hydrogen-bond acceptors (Lipinski definition) is 8. The maximum Gasteiger partial charge on any atom is 0.236 e. The van der Waals surface area contributed by atoms with Gasteiger partial charge in [0.15, 0.2) is 11.5 Å². The first-order chi connectivity index (χ1) is 15.9. The summed E-state index contributed by atoms with van der Waals surface area (Å²) in [7, 11) is 0.653. The van der Waals surface area contributed by atoms with Gasteiger partial charge in [-0.05, 0) is 50.5 Å². The van der Waals surface area contributed by atoms with Crippen molar-refractivity contribution in [3.63, 3.8) is 0 Å². The van der Waals surface area contributed by atoms with Crippen LogP contribution in [0.5, 0.6) is 17.2 Å². The Morgan fingerprint density at radius 2 is 1.52 bits per heavy atom. The molecule has 176 valence electrons. The molecule has 4 rings (SSSR count). The summed E-state index contributed by atoms with van der Waals surface area (Å²) in [6, 6.07) is 10.1. The quantitative estimate of drug-likeness (QED) is 0.496. The van der Waals surface area contributed by atoms with Gasteiger partial charge in [0.1, 0.15) is 0 Å². The van der Waals surface area contributed by atoms with Crippen LogP contribution in [-0.2, 0) is 9.84 Å². The van der Waals surface area contributed by atoms with Gasteiger partial charge in [0.05, 0.1) is 26.2 Å². The van der Waals surface area contributed by atoms with E-state index in [0.717, 1.165) is 24.8 Å². The van der Waals surface area contributed by atoms with Crippen LogP contribution in [-0.4, -0.2) is 47.8 Å². The van der Waals surface area contributed by atoms with Gasteiger partial charge in [-0.15, -0.1) is 0 Å². The van der Waals surface area contributed by atoms with Gasteiger partial charge in [0, 0.05) is 18.7 Å². The number of aromatic nitrogens is 1. The van der Waals surface area contributed by atoms with Crippen LogP contribution in [0.25, 0.3) is 11.5 Å². The maximum absolute atomic E-state index is 13.6. The summed E-state index contributed by atoms with van der Waals surface area (Å²) in [6.07, 6.45) is 3.03. The summed E-state index contributed by atoms with van der Waals surface area (Å²) < 4.78 is 49.6. The van der Waals surface area contributed by atoms with Gasteiger partial charge in [0.2, 0.25) is 32.4 Å². The molecule has 3 aromatic rings. The molecular formula is C24H28N2O6S. The van der Waals surface area contributed by atoms with Crippen LogP contribution in [0.3, 0.4) is 0 Å². The first-order valence-electron chi connectivity index (χ1n) is 10.8. The van der Waals surface area contributed by atoms with Crippen molar-refractivity contribution in [3.8, 4) is 28.7 Å². The van der Waals surface area contributed by atoms with E-state index in [-0.39, 0.29) is 21.7 Å². The molecule has 0 aliphatic carbocycles. The zero-order valence-electron chi connectivity index (χ0n) is 19.3. The minimum Gasteiger partial charge on any atom is -0.493 e. The molecule has 1 saturated heterocycles. The lowest BCUT2D eigenvalue weighted by Gasteiger charge is -2.26. The molecule has 0 amide bonds. The van der Waals surface area contributed by atoms with E-state index in [1.54, 1.807) is 36.4 Å². The van der Waals surface area contributed by atoms with E-state index in [1.165, 1.54) is 21.3 Å². The van der Waals surface area contributed by atoms with Gasteiger partial charge in [0.25, 0.3) is 0 Å². The second-order valence-corrected chi connectivity index (χ2v) is 9.77. The van der Waals surface area contributed by atoms with Crippen molar-refractivity contribution in [3.05, 3.63) is 42.0 Å². The number of rotatable bonds is 7. The molecule has 0 saturated carbocycles. The molecule has 1 fully saturated rings. The molecule has 0 bridgehead atoms. The number of piperidine rings is 1. The average Bonchev–Trinajstić information content (AvgIpc) is 3.30. The van der Waals surface area contributed by atoms with Crippen LogP contribution >= 0.6 is 0 Å². The lowest BCUT2D eigenvalue weighted by molar-refractivity contribution is 0.324. The van der Waals surface area contributed by atoms with Crippen molar-refractivity contribution in [1.29, 1.82) is 0 Å². The monoisotopic (exact) mass is 472 g/mol. The Kier molecular flexibility index (Phi) is 6.51. The van der Waals surface area contributed by atoms with E-state index in [9.17, 15) is 8.42 Å². The molecule has 1 aliphatic heterocycles. The van der Waals surface area contributed by atoms with E-state index in [1.807, 2.05) is 11.8 Å². The number of aryl methyl sites for hydroxylation is 1. The second-order valence-electron chi connectivity index (χ2n) is 7.91. The van der Waals surface area contributed by atoms with Crippen molar-refractivity contribution < 1.29 is 27.0 Å².